The van der Waals surface area contributed by atoms with Crippen LogP contribution >= 0.6 is 27.3 Å². The highest BCUT2D eigenvalue weighted by atomic mass is 79.9. The summed E-state index contributed by atoms with van der Waals surface area (Å²) in [5.74, 6) is 0. The number of rotatable bonds is 4. The molecule has 1 nitrogen and oxygen atoms in total. The highest BCUT2D eigenvalue weighted by Gasteiger charge is 2.12. The molecule has 0 amide bonds. The number of nitrogens with one attached hydrogen (secondary N) is 1. The minimum absolute atomic E-state index is 0.387. The molecule has 2 aromatic rings. The Morgan fingerprint density at radius 1 is 1.35 bits per heavy atom. The molecule has 0 aliphatic rings. The van der Waals surface area contributed by atoms with E-state index >= 15 is 0 Å². The maximum absolute atomic E-state index is 3.51. The van der Waals surface area contributed by atoms with E-state index < -0.39 is 0 Å². The van der Waals surface area contributed by atoms with Gasteiger partial charge in [-0.1, -0.05) is 22.0 Å². The number of hydrogen-bond acceptors (Lipinski definition) is 2. The third-order valence-corrected chi connectivity index (χ3v) is 4.20. The van der Waals surface area contributed by atoms with Crippen LogP contribution in [0.15, 0.2) is 39.5 Å². The molecule has 0 bridgehead atoms. The Bertz CT molecular complexity index is 479. The summed E-state index contributed by atoms with van der Waals surface area (Å²) in [6.45, 7) is 2.16. The van der Waals surface area contributed by atoms with Crippen molar-refractivity contribution in [2.24, 2.45) is 0 Å². The molecule has 1 unspecified atom stereocenters. The first-order valence-corrected chi connectivity index (χ1v) is 7.38. The van der Waals surface area contributed by atoms with Crippen molar-refractivity contribution < 1.29 is 0 Å². The monoisotopic (exact) mass is 309 g/mol. The van der Waals surface area contributed by atoms with E-state index in [1.807, 2.05) is 7.05 Å². The Morgan fingerprint density at radius 3 is 2.76 bits per heavy atom. The fourth-order valence-electron chi connectivity index (χ4n) is 2.04. The molecule has 0 aliphatic carbocycles. The van der Waals surface area contributed by atoms with Crippen LogP contribution in [0.1, 0.15) is 22.7 Å². The lowest BCUT2D eigenvalue weighted by Gasteiger charge is -2.18. The van der Waals surface area contributed by atoms with Crippen LogP contribution < -0.4 is 5.32 Å². The van der Waals surface area contributed by atoms with Crippen LogP contribution in [0.3, 0.4) is 0 Å². The van der Waals surface area contributed by atoms with Crippen LogP contribution in [0.2, 0.25) is 0 Å². The third kappa shape index (κ3) is 3.18. The van der Waals surface area contributed by atoms with Gasteiger partial charge in [0, 0.05) is 10.5 Å². The average molecular weight is 310 g/mol. The molecule has 0 spiro atoms. The Morgan fingerprint density at radius 2 is 2.18 bits per heavy atom. The number of hydrogen-bond donors (Lipinski definition) is 1. The van der Waals surface area contributed by atoms with Crippen molar-refractivity contribution in [1.29, 1.82) is 0 Å². The van der Waals surface area contributed by atoms with Crippen molar-refractivity contribution in [2.75, 3.05) is 7.05 Å². The SMILES string of the molecule is CNC(Cc1ccsc1)c1ccc(Br)cc1C. The number of halogens is 1. The summed E-state index contributed by atoms with van der Waals surface area (Å²) < 4.78 is 1.14. The van der Waals surface area contributed by atoms with Gasteiger partial charge in [-0.25, -0.2) is 0 Å². The number of aryl methyl sites for hydroxylation is 1. The predicted molar refractivity (Wildman–Crippen MR) is 78.7 cm³/mol. The van der Waals surface area contributed by atoms with Gasteiger partial charge in [-0.05, 0) is 66.0 Å². The van der Waals surface area contributed by atoms with E-state index in [9.17, 15) is 0 Å². The third-order valence-electron chi connectivity index (χ3n) is 2.98. The van der Waals surface area contributed by atoms with Crippen molar-refractivity contribution in [3.05, 3.63) is 56.2 Å². The minimum Gasteiger partial charge on any atom is -0.313 e. The summed E-state index contributed by atoms with van der Waals surface area (Å²) >= 11 is 5.27. The van der Waals surface area contributed by atoms with Crippen molar-refractivity contribution in [2.45, 2.75) is 19.4 Å². The van der Waals surface area contributed by atoms with Crippen LogP contribution in [0.5, 0.6) is 0 Å². The normalized spacial score (nSPS) is 12.6. The van der Waals surface area contributed by atoms with Gasteiger partial charge >= 0.3 is 0 Å². The molecule has 0 aliphatic heterocycles. The molecule has 2 rings (SSSR count). The molecule has 0 saturated heterocycles. The summed E-state index contributed by atoms with van der Waals surface area (Å²) in [5.41, 5.74) is 4.10. The van der Waals surface area contributed by atoms with Gasteiger partial charge in [0.15, 0.2) is 0 Å². The van der Waals surface area contributed by atoms with Gasteiger partial charge in [-0.3, -0.25) is 0 Å². The lowest BCUT2D eigenvalue weighted by Crippen LogP contribution is -2.19. The lowest BCUT2D eigenvalue weighted by molar-refractivity contribution is 0.590. The molecule has 1 N–H and O–H groups in total. The van der Waals surface area contributed by atoms with Crippen LogP contribution in [0.4, 0.5) is 0 Å². The highest BCUT2D eigenvalue weighted by Crippen LogP contribution is 2.25. The summed E-state index contributed by atoms with van der Waals surface area (Å²) in [6, 6.07) is 9.07. The van der Waals surface area contributed by atoms with Gasteiger partial charge in [-0.2, -0.15) is 11.3 Å². The van der Waals surface area contributed by atoms with Crippen molar-refractivity contribution in [1.82, 2.24) is 5.32 Å². The second-order valence-electron chi connectivity index (χ2n) is 4.18. The smallest absolute Gasteiger partial charge is 0.0361 e. The van der Waals surface area contributed by atoms with Crippen molar-refractivity contribution >= 4 is 27.3 Å². The average Bonchev–Trinajstić information content (AvgIpc) is 2.79. The molecular weight excluding hydrogens is 294 g/mol. The second kappa shape index (κ2) is 5.80. The molecule has 0 fully saturated rings. The zero-order chi connectivity index (χ0) is 12.3. The molecule has 1 aromatic carbocycles. The standard InChI is InChI=1S/C14H16BrNS/c1-10-7-12(15)3-4-13(10)14(16-2)8-11-5-6-17-9-11/h3-7,9,14,16H,8H2,1-2H3. The summed E-state index contributed by atoms with van der Waals surface area (Å²) in [7, 11) is 2.03. The van der Waals surface area contributed by atoms with Crippen LogP contribution in [0, 0.1) is 6.92 Å². The first-order valence-electron chi connectivity index (χ1n) is 5.65. The fourth-order valence-corrected chi connectivity index (χ4v) is 3.20. The molecule has 0 radical (unpaired) electrons. The molecule has 1 heterocycles. The second-order valence-corrected chi connectivity index (χ2v) is 5.87. The maximum Gasteiger partial charge on any atom is 0.0361 e. The molecule has 17 heavy (non-hydrogen) atoms. The van der Waals surface area contributed by atoms with Crippen LogP contribution in [0.25, 0.3) is 0 Å². The van der Waals surface area contributed by atoms with Gasteiger partial charge in [0.25, 0.3) is 0 Å². The number of benzene rings is 1. The minimum atomic E-state index is 0.387. The van der Waals surface area contributed by atoms with E-state index in [1.54, 1.807) is 11.3 Å². The van der Waals surface area contributed by atoms with E-state index in [1.165, 1.54) is 16.7 Å². The number of thiophene rings is 1. The molecule has 90 valence electrons. The van der Waals surface area contributed by atoms with Gasteiger partial charge in [0.2, 0.25) is 0 Å². The zero-order valence-corrected chi connectivity index (χ0v) is 12.4. The van der Waals surface area contributed by atoms with Crippen LogP contribution in [-0.2, 0) is 6.42 Å². The summed E-state index contributed by atoms with van der Waals surface area (Å²) in [4.78, 5) is 0. The molecule has 1 aromatic heterocycles. The van der Waals surface area contributed by atoms with Crippen molar-refractivity contribution in [3.8, 4) is 0 Å². The van der Waals surface area contributed by atoms with E-state index in [2.05, 4.69) is 63.2 Å². The Labute approximate surface area is 115 Å². The lowest BCUT2D eigenvalue weighted by atomic mass is 9.97. The largest absolute Gasteiger partial charge is 0.313 e. The predicted octanol–water partition coefficient (Wildman–Crippen LogP) is 4.32. The summed E-state index contributed by atoms with van der Waals surface area (Å²) in [6.07, 6.45) is 1.04. The van der Waals surface area contributed by atoms with E-state index in [-0.39, 0.29) is 0 Å². The molecule has 0 saturated carbocycles. The number of likely N-dealkylation sites (N-methyl/N-ethyl adjacent to an activating group) is 1. The zero-order valence-electron chi connectivity index (χ0n) is 10.0. The molecule has 1 atom stereocenters. The first kappa shape index (κ1) is 12.8. The van der Waals surface area contributed by atoms with Crippen molar-refractivity contribution in [3.63, 3.8) is 0 Å². The van der Waals surface area contributed by atoms with E-state index in [0.29, 0.717) is 6.04 Å². The van der Waals surface area contributed by atoms with E-state index in [0.717, 1.165) is 10.9 Å². The molecular formula is C14H16BrNS. The van der Waals surface area contributed by atoms with Crippen LogP contribution in [-0.4, -0.2) is 7.05 Å². The first-order chi connectivity index (χ1) is 8.20. The fraction of sp³-hybridized carbons (Fsp3) is 0.286. The van der Waals surface area contributed by atoms with E-state index in [4.69, 9.17) is 0 Å². The van der Waals surface area contributed by atoms with Gasteiger partial charge in [0.05, 0.1) is 0 Å². The maximum atomic E-state index is 3.51. The van der Waals surface area contributed by atoms with Gasteiger partial charge in [0.1, 0.15) is 0 Å². The quantitative estimate of drug-likeness (QED) is 0.886. The summed E-state index contributed by atoms with van der Waals surface area (Å²) in [5, 5.41) is 7.76. The molecule has 3 heteroatoms. The highest BCUT2D eigenvalue weighted by molar-refractivity contribution is 9.10. The Kier molecular flexibility index (Phi) is 4.37. The Balaban J connectivity index is 2.23. The van der Waals surface area contributed by atoms with Gasteiger partial charge in [-0.15, -0.1) is 0 Å². The Hall–Kier alpha value is -0.640. The van der Waals surface area contributed by atoms with Gasteiger partial charge < -0.3 is 5.32 Å². The topological polar surface area (TPSA) is 12.0 Å².